The Balaban J connectivity index is 2.19. The van der Waals surface area contributed by atoms with Crippen LogP contribution in [-0.4, -0.2) is 34.5 Å². The summed E-state index contributed by atoms with van der Waals surface area (Å²) in [4.78, 5) is 25.3. The third kappa shape index (κ3) is 2.95. The van der Waals surface area contributed by atoms with Crippen molar-refractivity contribution in [3.8, 4) is 0 Å². The van der Waals surface area contributed by atoms with Crippen LogP contribution in [0.15, 0.2) is 24.3 Å². The first-order valence-electron chi connectivity index (χ1n) is 6.77. The summed E-state index contributed by atoms with van der Waals surface area (Å²) in [6.07, 6.45) is 4.17. The fourth-order valence-electron chi connectivity index (χ4n) is 2.69. The Morgan fingerprint density at radius 2 is 2.11 bits per heavy atom. The second kappa shape index (κ2) is 5.87. The van der Waals surface area contributed by atoms with Gasteiger partial charge in [0, 0.05) is 18.2 Å². The first kappa shape index (κ1) is 13.6. The molecule has 1 aromatic rings. The first-order chi connectivity index (χ1) is 9.13. The molecule has 1 aliphatic rings. The van der Waals surface area contributed by atoms with E-state index in [-0.39, 0.29) is 11.5 Å². The lowest BCUT2D eigenvalue weighted by Crippen LogP contribution is -2.35. The monoisotopic (exact) mass is 261 g/mol. The number of amides is 1. The predicted octanol–water partition coefficient (Wildman–Crippen LogP) is 2.79. The molecule has 1 aromatic carbocycles. The zero-order valence-electron chi connectivity index (χ0n) is 11.1. The number of rotatable bonds is 4. The molecule has 0 aromatic heterocycles. The molecule has 2 rings (SSSR count). The van der Waals surface area contributed by atoms with Gasteiger partial charge in [-0.15, -0.1) is 0 Å². The van der Waals surface area contributed by atoms with Crippen molar-refractivity contribution in [3.05, 3.63) is 35.4 Å². The van der Waals surface area contributed by atoms with E-state index in [0.717, 1.165) is 32.2 Å². The van der Waals surface area contributed by atoms with Crippen molar-refractivity contribution >= 4 is 11.9 Å². The number of benzene rings is 1. The largest absolute Gasteiger partial charge is 0.478 e. The molecule has 1 amide bonds. The van der Waals surface area contributed by atoms with Gasteiger partial charge in [-0.2, -0.15) is 0 Å². The van der Waals surface area contributed by atoms with E-state index in [4.69, 9.17) is 5.11 Å². The highest BCUT2D eigenvalue weighted by Crippen LogP contribution is 2.23. The lowest BCUT2D eigenvalue weighted by atomic mass is 10.1. The fraction of sp³-hybridized carbons (Fsp3) is 0.467. The highest BCUT2D eigenvalue weighted by atomic mass is 16.4. The zero-order valence-corrected chi connectivity index (χ0v) is 11.1. The minimum atomic E-state index is -0.999. The molecule has 1 saturated heterocycles. The summed E-state index contributed by atoms with van der Waals surface area (Å²) in [6, 6.07) is 6.60. The molecule has 1 aliphatic heterocycles. The molecule has 1 heterocycles. The Kier molecular flexibility index (Phi) is 4.20. The number of hydrogen-bond acceptors (Lipinski definition) is 2. The average molecular weight is 261 g/mol. The van der Waals surface area contributed by atoms with Crippen LogP contribution in [0.1, 0.15) is 53.3 Å². The van der Waals surface area contributed by atoms with Crippen molar-refractivity contribution < 1.29 is 14.7 Å². The van der Waals surface area contributed by atoms with Gasteiger partial charge in [-0.1, -0.05) is 19.4 Å². The Morgan fingerprint density at radius 1 is 1.37 bits per heavy atom. The van der Waals surface area contributed by atoms with Crippen molar-refractivity contribution in [2.45, 2.75) is 38.6 Å². The summed E-state index contributed by atoms with van der Waals surface area (Å²) in [7, 11) is 0. The van der Waals surface area contributed by atoms with Crippen LogP contribution >= 0.6 is 0 Å². The summed E-state index contributed by atoms with van der Waals surface area (Å²) in [5, 5.41) is 8.97. The van der Waals surface area contributed by atoms with Crippen LogP contribution in [0.25, 0.3) is 0 Å². The maximum Gasteiger partial charge on any atom is 0.335 e. The Labute approximate surface area is 113 Å². The van der Waals surface area contributed by atoms with Crippen molar-refractivity contribution in [1.29, 1.82) is 0 Å². The molecule has 0 unspecified atom stereocenters. The summed E-state index contributed by atoms with van der Waals surface area (Å²) < 4.78 is 0. The van der Waals surface area contributed by atoms with Crippen LogP contribution in [0.4, 0.5) is 0 Å². The highest BCUT2D eigenvalue weighted by Gasteiger charge is 2.28. The number of carboxylic acids is 1. The lowest BCUT2D eigenvalue weighted by Gasteiger charge is -2.24. The zero-order chi connectivity index (χ0) is 13.8. The normalized spacial score (nSPS) is 18.6. The van der Waals surface area contributed by atoms with Gasteiger partial charge < -0.3 is 10.0 Å². The fourth-order valence-corrected chi connectivity index (χ4v) is 2.69. The van der Waals surface area contributed by atoms with Crippen molar-refractivity contribution in [1.82, 2.24) is 4.90 Å². The molecular weight excluding hydrogens is 242 g/mol. The number of carboxylic acid groups (broad SMARTS) is 1. The van der Waals surface area contributed by atoms with E-state index >= 15 is 0 Å². The first-order valence-corrected chi connectivity index (χ1v) is 6.77. The molecule has 4 nitrogen and oxygen atoms in total. The number of aromatic carboxylic acids is 1. The smallest absolute Gasteiger partial charge is 0.335 e. The van der Waals surface area contributed by atoms with Crippen LogP contribution in [0.2, 0.25) is 0 Å². The number of likely N-dealkylation sites (tertiary alicyclic amines) is 1. The van der Waals surface area contributed by atoms with Gasteiger partial charge in [0.1, 0.15) is 0 Å². The molecule has 19 heavy (non-hydrogen) atoms. The van der Waals surface area contributed by atoms with E-state index in [0.29, 0.717) is 11.6 Å². The topological polar surface area (TPSA) is 57.6 Å². The van der Waals surface area contributed by atoms with Crippen LogP contribution < -0.4 is 0 Å². The summed E-state index contributed by atoms with van der Waals surface area (Å²) in [6.45, 7) is 2.90. The number of carbonyl (C=O) groups is 2. The van der Waals surface area contributed by atoms with Crippen LogP contribution in [0.3, 0.4) is 0 Å². The van der Waals surface area contributed by atoms with E-state index < -0.39 is 5.97 Å². The number of carbonyl (C=O) groups excluding carboxylic acids is 1. The van der Waals surface area contributed by atoms with E-state index in [9.17, 15) is 9.59 Å². The quantitative estimate of drug-likeness (QED) is 0.906. The molecule has 1 N–H and O–H groups in total. The number of nitrogens with zero attached hydrogens (tertiary/aromatic N) is 1. The molecule has 0 spiro atoms. The average Bonchev–Trinajstić information content (AvgIpc) is 2.86. The third-order valence-electron chi connectivity index (χ3n) is 3.62. The van der Waals surface area contributed by atoms with Gasteiger partial charge in [0.05, 0.1) is 5.56 Å². The second-order valence-corrected chi connectivity index (χ2v) is 4.97. The molecule has 1 fully saturated rings. The van der Waals surface area contributed by atoms with Gasteiger partial charge in [0.2, 0.25) is 0 Å². The Bertz CT molecular complexity index is 484. The SMILES string of the molecule is CCC[C@H]1CCCN1C(=O)c1cccc(C(=O)O)c1. The highest BCUT2D eigenvalue weighted by molar-refractivity contribution is 5.97. The molecular formula is C15H19NO3. The minimum absolute atomic E-state index is 0.0425. The molecule has 102 valence electrons. The molecule has 4 heteroatoms. The van der Waals surface area contributed by atoms with Crippen LogP contribution in [0.5, 0.6) is 0 Å². The van der Waals surface area contributed by atoms with E-state index in [1.165, 1.54) is 12.1 Å². The van der Waals surface area contributed by atoms with Crippen LogP contribution in [0, 0.1) is 0 Å². The maximum atomic E-state index is 12.4. The maximum absolute atomic E-state index is 12.4. The summed E-state index contributed by atoms with van der Waals surface area (Å²) in [5.41, 5.74) is 0.639. The second-order valence-electron chi connectivity index (χ2n) is 4.97. The van der Waals surface area contributed by atoms with E-state index in [1.807, 2.05) is 4.90 Å². The van der Waals surface area contributed by atoms with Gasteiger partial charge >= 0.3 is 5.97 Å². The Hall–Kier alpha value is -1.84. The summed E-state index contributed by atoms with van der Waals surface area (Å²) in [5.74, 6) is -1.04. The van der Waals surface area contributed by atoms with Gasteiger partial charge in [0.25, 0.3) is 5.91 Å². The van der Waals surface area contributed by atoms with Crippen LogP contribution in [-0.2, 0) is 0 Å². The van der Waals surface area contributed by atoms with Crippen molar-refractivity contribution in [3.63, 3.8) is 0 Å². The van der Waals surface area contributed by atoms with Crippen molar-refractivity contribution in [2.75, 3.05) is 6.54 Å². The standard InChI is InChI=1S/C15H19NO3/c1-2-5-13-8-4-9-16(13)14(17)11-6-3-7-12(10-11)15(18)19/h3,6-7,10,13H,2,4-5,8-9H2,1H3,(H,18,19)/t13-/m0/s1. The summed E-state index contributed by atoms with van der Waals surface area (Å²) >= 11 is 0. The van der Waals surface area contributed by atoms with Gasteiger partial charge in [-0.05, 0) is 37.5 Å². The van der Waals surface area contributed by atoms with Gasteiger partial charge in [-0.25, -0.2) is 4.79 Å². The lowest BCUT2D eigenvalue weighted by molar-refractivity contribution is 0.0697. The molecule has 0 saturated carbocycles. The number of hydrogen-bond donors (Lipinski definition) is 1. The predicted molar refractivity (Wildman–Crippen MR) is 72.4 cm³/mol. The van der Waals surface area contributed by atoms with E-state index in [1.54, 1.807) is 12.1 Å². The van der Waals surface area contributed by atoms with Gasteiger partial charge in [0.15, 0.2) is 0 Å². The minimum Gasteiger partial charge on any atom is -0.478 e. The molecule has 0 bridgehead atoms. The Morgan fingerprint density at radius 3 is 2.79 bits per heavy atom. The third-order valence-corrected chi connectivity index (χ3v) is 3.62. The molecule has 1 atom stereocenters. The van der Waals surface area contributed by atoms with E-state index in [2.05, 4.69) is 6.92 Å². The molecule has 0 radical (unpaired) electrons. The van der Waals surface area contributed by atoms with Gasteiger partial charge in [-0.3, -0.25) is 4.79 Å². The van der Waals surface area contributed by atoms with Crippen molar-refractivity contribution in [2.24, 2.45) is 0 Å². The molecule has 0 aliphatic carbocycles.